The Hall–Kier alpha value is -0.840. The lowest BCUT2D eigenvalue weighted by atomic mass is 10.1. The maximum absolute atomic E-state index is 4.99. The zero-order chi connectivity index (χ0) is 19.5. The SMILES string of the molecule is CC(C)c1ccc(Cc2cccs2)c(SCCCCCCCCN(C)C)n1. The quantitative estimate of drug-likeness (QED) is 0.268. The lowest BCUT2D eigenvalue weighted by Crippen LogP contribution is -2.12. The summed E-state index contributed by atoms with van der Waals surface area (Å²) in [5.41, 5.74) is 2.60. The number of hydrogen-bond acceptors (Lipinski definition) is 4. The highest BCUT2D eigenvalue weighted by molar-refractivity contribution is 7.99. The molecule has 0 saturated carbocycles. The molecule has 0 bridgehead atoms. The molecule has 0 amide bonds. The zero-order valence-corrected chi connectivity index (χ0v) is 19.2. The molecule has 0 atom stereocenters. The largest absolute Gasteiger partial charge is 0.309 e. The second-order valence-electron chi connectivity index (χ2n) is 7.88. The van der Waals surface area contributed by atoms with Gasteiger partial charge >= 0.3 is 0 Å². The Bertz CT molecular complexity index is 636. The van der Waals surface area contributed by atoms with Crippen molar-refractivity contribution >= 4 is 23.1 Å². The van der Waals surface area contributed by atoms with E-state index in [2.05, 4.69) is 62.5 Å². The van der Waals surface area contributed by atoms with Gasteiger partial charge in [-0.2, -0.15) is 0 Å². The topological polar surface area (TPSA) is 16.1 Å². The second kappa shape index (κ2) is 12.6. The van der Waals surface area contributed by atoms with Crippen LogP contribution in [0.25, 0.3) is 0 Å². The Balaban J connectivity index is 1.77. The maximum atomic E-state index is 4.99. The molecule has 2 heterocycles. The summed E-state index contributed by atoms with van der Waals surface area (Å²) in [4.78, 5) is 8.70. The van der Waals surface area contributed by atoms with E-state index in [0.29, 0.717) is 5.92 Å². The average Bonchev–Trinajstić information content (AvgIpc) is 3.14. The molecule has 0 saturated heterocycles. The fourth-order valence-corrected chi connectivity index (χ4v) is 4.84. The van der Waals surface area contributed by atoms with Crippen molar-refractivity contribution in [2.75, 3.05) is 26.4 Å². The fraction of sp³-hybridized carbons (Fsp3) is 0.609. The molecule has 2 aromatic heterocycles. The normalized spacial score (nSPS) is 11.6. The summed E-state index contributed by atoms with van der Waals surface area (Å²) in [6.07, 6.45) is 9.10. The molecule has 150 valence electrons. The van der Waals surface area contributed by atoms with Gasteiger partial charge in [-0.3, -0.25) is 0 Å². The Morgan fingerprint density at radius 1 is 1.00 bits per heavy atom. The van der Waals surface area contributed by atoms with Crippen molar-refractivity contribution in [2.24, 2.45) is 0 Å². The lowest BCUT2D eigenvalue weighted by molar-refractivity contribution is 0.389. The van der Waals surface area contributed by atoms with Crippen molar-refractivity contribution in [1.29, 1.82) is 0 Å². The molecule has 0 fully saturated rings. The van der Waals surface area contributed by atoms with Crippen LogP contribution in [0.3, 0.4) is 0 Å². The van der Waals surface area contributed by atoms with Crippen molar-refractivity contribution in [3.63, 3.8) is 0 Å². The van der Waals surface area contributed by atoms with Crippen LogP contribution in [-0.2, 0) is 6.42 Å². The summed E-state index contributed by atoms with van der Waals surface area (Å²) in [5.74, 6) is 1.67. The van der Waals surface area contributed by atoms with E-state index < -0.39 is 0 Å². The van der Waals surface area contributed by atoms with E-state index in [-0.39, 0.29) is 0 Å². The number of nitrogens with zero attached hydrogens (tertiary/aromatic N) is 2. The predicted molar refractivity (Wildman–Crippen MR) is 122 cm³/mol. The third kappa shape index (κ3) is 8.80. The van der Waals surface area contributed by atoms with Crippen LogP contribution in [0, 0.1) is 0 Å². The molecule has 0 radical (unpaired) electrons. The monoisotopic (exact) mass is 404 g/mol. The maximum Gasteiger partial charge on any atom is 0.0998 e. The van der Waals surface area contributed by atoms with E-state index in [4.69, 9.17) is 4.98 Å². The highest BCUT2D eigenvalue weighted by Crippen LogP contribution is 2.27. The van der Waals surface area contributed by atoms with Gasteiger partial charge in [0.25, 0.3) is 0 Å². The lowest BCUT2D eigenvalue weighted by Gasteiger charge is -2.12. The minimum absolute atomic E-state index is 0.488. The van der Waals surface area contributed by atoms with Gasteiger partial charge in [0.15, 0.2) is 0 Å². The van der Waals surface area contributed by atoms with Crippen LogP contribution in [0.15, 0.2) is 34.7 Å². The van der Waals surface area contributed by atoms with Gasteiger partial charge < -0.3 is 4.90 Å². The average molecular weight is 405 g/mol. The molecule has 0 spiro atoms. The molecular weight excluding hydrogens is 368 g/mol. The molecule has 0 unspecified atom stereocenters. The highest BCUT2D eigenvalue weighted by Gasteiger charge is 2.10. The number of thioether (sulfide) groups is 1. The molecular formula is C23H36N2S2. The highest BCUT2D eigenvalue weighted by atomic mass is 32.2. The molecule has 0 aliphatic heterocycles. The first kappa shape index (κ1) is 22.4. The summed E-state index contributed by atoms with van der Waals surface area (Å²) in [7, 11) is 4.32. The molecule has 2 rings (SSSR count). The molecule has 4 heteroatoms. The van der Waals surface area contributed by atoms with Crippen LogP contribution in [0.5, 0.6) is 0 Å². The second-order valence-corrected chi connectivity index (χ2v) is 10.0. The van der Waals surface area contributed by atoms with Crippen LogP contribution in [0.1, 0.15) is 74.4 Å². The Morgan fingerprint density at radius 2 is 1.74 bits per heavy atom. The van der Waals surface area contributed by atoms with Crippen molar-refractivity contribution in [3.8, 4) is 0 Å². The van der Waals surface area contributed by atoms with Gasteiger partial charge in [-0.15, -0.1) is 23.1 Å². The molecule has 0 aromatic carbocycles. The number of unbranched alkanes of at least 4 members (excludes halogenated alkanes) is 5. The van der Waals surface area contributed by atoms with E-state index in [1.807, 2.05) is 23.1 Å². The first-order chi connectivity index (χ1) is 13.1. The van der Waals surface area contributed by atoms with Gasteiger partial charge in [0, 0.05) is 17.0 Å². The van der Waals surface area contributed by atoms with Crippen LogP contribution in [-0.4, -0.2) is 36.3 Å². The Kier molecular flexibility index (Phi) is 10.5. The van der Waals surface area contributed by atoms with Crippen molar-refractivity contribution in [1.82, 2.24) is 9.88 Å². The Labute approximate surface area is 174 Å². The number of hydrogen-bond donors (Lipinski definition) is 0. The molecule has 27 heavy (non-hydrogen) atoms. The van der Waals surface area contributed by atoms with Crippen LogP contribution >= 0.6 is 23.1 Å². The third-order valence-electron chi connectivity index (χ3n) is 4.74. The van der Waals surface area contributed by atoms with Crippen molar-refractivity contribution < 1.29 is 0 Å². The van der Waals surface area contributed by atoms with E-state index in [1.54, 1.807) is 0 Å². The number of thiophene rings is 1. The minimum atomic E-state index is 0.488. The van der Waals surface area contributed by atoms with E-state index in [1.165, 1.54) is 72.0 Å². The van der Waals surface area contributed by atoms with E-state index in [9.17, 15) is 0 Å². The molecule has 0 aliphatic carbocycles. The molecule has 0 N–H and O–H groups in total. The summed E-state index contributed by atoms with van der Waals surface area (Å²) >= 11 is 3.80. The summed E-state index contributed by atoms with van der Waals surface area (Å²) in [6.45, 7) is 5.68. The Morgan fingerprint density at radius 3 is 2.41 bits per heavy atom. The summed E-state index contributed by atoms with van der Waals surface area (Å²) in [5, 5.41) is 3.41. The zero-order valence-electron chi connectivity index (χ0n) is 17.5. The van der Waals surface area contributed by atoms with E-state index >= 15 is 0 Å². The van der Waals surface area contributed by atoms with Crippen LogP contribution < -0.4 is 0 Å². The van der Waals surface area contributed by atoms with Crippen LogP contribution in [0.2, 0.25) is 0 Å². The van der Waals surface area contributed by atoms with Crippen molar-refractivity contribution in [2.45, 2.75) is 69.7 Å². The van der Waals surface area contributed by atoms with Crippen molar-refractivity contribution in [3.05, 3.63) is 45.8 Å². The third-order valence-corrected chi connectivity index (χ3v) is 6.73. The van der Waals surface area contributed by atoms with Gasteiger partial charge in [-0.25, -0.2) is 4.98 Å². The molecule has 2 nitrogen and oxygen atoms in total. The van der Waals surface area contributed by atoms with Gasteiger partial charge in [0.2, 0.25) is 0 Å². The van der Waals surface area contributed by atoms with Gasteiger partial charge in [-0.1, -0.05) is 51.7 Å². The first-order valence-electron chi connectivity index (χ1n) is 10.4. The predicted octanol–water partition coefficient (Wildman–Crippen LogP) is 6.85. The number of aromatic nitrogens is 1. The summed E-state index contributed by atoms with van der Waals surface area (Å²) in [6, 6.07) is 8.88. The van der Waals surface area contributed by atoms with Gasteiger partial charge in [0.1, 0.15) is 0 Å². The molecule has 2 aromatic rings. The molecule has 0 aliphatic rings. The smallest absolute Gasteiger partial charge is 0.0998 e. The summed E-state index contributed by atoms with van der Waals surface area (Å²) < 4.78 is 0. The van der Waals surface area contributed by atoms with Crippen LogP contribution in [0.4, 0.5) is 0 Å². The first-order valence-corrected chi connectivity index (χ1v) is 12.2. The standard InChI is InChI=1S/C23H36N2S2/c1-19(2)22-14-13-20(18-21-12-11-17-26-21)23(24-22)27-16-10-8-6-5-7-9-15-25(3)4/h11-14,17,19H,5-10,15-16,18H2,1-4H3. The van der Waals surface area contributed by atoms with Gasteiger partial charge in [-0.05, 0) is 68.2 Å². The van der Waals surface area contributed by atoms with Gasteiger partial charge in [0.05, 0.1) is 5.03 Å². The number of rotatable bonds is 13. The van der Waals surface area contributed by atoms with E-state index in [0.717, 1.165) is 6.42 Å². The minimum Gasteiger partial charge on any atom is -0.309 e. The number of pyridine rings is 1. The fourth-order valence-electron chi connectivity index (χ4n) is 3.07.